The van der Waals surface area contributed by atoms with E-state index < -0.39 is 7.59 Å². The highest BCUT2D eigenvalue weighted by atomic mass is 35.6. The summed E-state index contributed by atoms with van der Waals surface area (Å²) in [5.74, 6) is 2.03. The number of anilines is 2. The first-order chi connectivity index (χ1) is 18.2. The maximum atomic E-state index is 6.07. The fourth-order valence-electron chi connectivity index (χ4n) is 6.43. The Bertz CT molecular complexity index is 1320. The average molecular weight is 649 g/mol. The van der Waals surface area contributed by atoms with Crippen molar-refractivity contribution in [1.82, 2.24) is 15.0 Å². The van der Waals surface area contributed by atoms with Crippen LogP contribution in [0.4, 0.5) is 11.4 Å². The summed E-state index contributed by atoms with van der Waals surface area (Å²) in [7, 11) is 1.68. The summed E-state index contributed by atoms with van der Waals surface area (Å²) in [4.78, 5) is 15.3. The number of halogens is 6. The van der Waals surface area contributed by atoms with Gasteiger partial charge in [0, 0.05) is 16.9 Å². The van der Waals surface area contributed by atoms with Gasteiger partial charge in [-0.2, -0.15) is 0 Å². The van der Waals surface area contributed by atoms with Crippen LogP contribution in [0.3, 0.4) is 0 Å². The second kappa shape index (κ2) is 10.3. The number of methoxy groups -OCH3 is 1. The molecule has 1 heterocycles. The Kier molecular flexibility index (Phi) is 7.70. The molecule has 0 N–H and O–H groups in total. The van der Waals surface area contributed by atoms with Crippen molar-refractivity contribution in [3.63, 3.8) is 0 Å². The first-order valence-corrected chi connectivity index (χ1v) is 14.9. The molecule has 5 nitrogen and oxygen atoms in total. The summed E-state index contributed by atoms with van der Waals surface area (Å²) in [6, 6.07) is 16.2. The van der Waals surface area contributed by atoms with E-state index in [9.17, 15) is 0 Å². The van der Waals surface area contributed by atoms with Gasteiger partial charge in [-0.1, -0.05) is 96.8 Å². The van der Waals surface area contributed by atoms with Gasteiger partial charge in [-0.3, -0.25) is 0 Å². The highest BCUT2D eigenvalue weighted by Crippen LogP contribution is 2.73. The third-order valence-corrected chi connectivity index (χ3v) is 9.36. The number of benzene rings is 2. The molecular formula is C28H28Cl6N4O. The van der Waals surface area contributed by atoms with Crippen LogP contribution in [0.2, 0.25) is 0 Å². The molecule has 3 unspecified atom stereocenters. The molecule has 3 atom stereocenters. The van der Waals surface area contributed by atoms with Crippen molar-refractivity contribution in [2.75, 3.05) is 12.0 Å². The first-order valence-electron chi connectivity index (χ1n) is 12.6. The van der Waals surface area contributed by atoms with E-state index in [1.807, 2.05) is 24.3 Å². The maximum Gasteiger partial charge on any atom is 0.250 e. The molecule has 39 heavy (non-hydrogen) atoms. The fraction of sp³-hybridized carbons (Fsp3) is 0.464. The van der Waals surface area contributed by atoms with Gasteiger partial charge in [0.05, 0.1) is 12.6 Å². The van der Waals surface area contributed by atoms with Crippen LogP contribution in [0, 0.1) is 17.3 Å². The molecule has 2 aliphatic carbocycles. The van der Waals surface area contributed by atoms with Gasteiger partial charge in [0.15, 0.2) is 17.5 Å². The van der Waals surface area contributed by atoms with E-state index in [2.05, 4.69) is 64.9 Å². The van der Waals surface area contributed by atoms with Gasteiger partial charge >= 0.3 is 0 Å². The zero-order chi connectivity index (χ0) is 28.4. The zero-order valence-corrected chi connectivity index (χ0v) is 26.4. The molecule has 208 valence electrons. The van der Waals surface area contributed by atoms with Crippen LogP contribution < -0.4 is 9.64 Å². The molecule has 2 aromatic carbocycles. The minimum absolute atomic E-state index is 0.000767. The van der Waals surface area contributed by atoms with Crippen molar-refractivity contribution < 1.29 is 4.74 Å². The molecule has 0 spiro atoms. The summed E-state index contributed by atoms with van der Waals surface area (Å²) >= 11 is 36.4. The summed E-state index contributed by atoms with van der Waals surface area (Å²) in [5, 5.41) is 0. The molecular weight excluding hydrogens is 621 g/mol. The van der Waals surface area contributed by atoms with Crippen molar-refractivity contribution in [3.8, 4) is 17.1 Å². The molecule has 0 saturated heterocycles. The smallest absolute Gasteiger partial charge is 0.250 e. The summed E-state index contributed by atoms with van der Waals surface area (Å²) in [5.41, 5.74) is 3.00. The number of nitrogens with zero attached hydrogens (tertiary/aromatic N) is 4. The lowest BCUT2D eigenvalue weighted by molar-refractivity contribution is 0.326. The molecule has 2 saturated carbocycles. The Morgan fingerprint density at radius 1 is 0.795 bits per heavy atom. The van der Waals surface area contributed by atoms with Crippen LogP contribution >= 0.6 is 69.6 Å². The predicted molar refractivity (Wildman–Crippen MR) is 162 cm³/mol. The third kappa shape index (κ3) is 5.29. The number of hydrogen-bond donors (Lipinski definition) is 0. The molecule has 3 aromatic rings. The van der Waals surface area contributed by atoms with Crippen molar-refractivity contribution in [2.24, 2.45) is 17.3 Å². The molecule has 2 fully saturated rings. The largest absolute Gasteiger partial charge is 0.497 e. The molecule has 11 heteroatoms. The topological polar surface area (TPSA) is 51.1 Å². The molecule has 0 bridgehead atoms. The van der Waals surface area contributed by atoms with Gasteiger partial charge < -0.3 is 9.64 Å². The van der Waals surface area contributed by atoms with E-state index in [4.69, 9.17) is 74.3 Å². The van der Waals surface area contributed by atoms with Crippen LogP contribution in [0.1, 0.15) is 51.7 Å². The number of rotatable bonds is 5. The van der Waals surface area contributed by atoms with E-state index in [0.717, 1.165) is 23.5 Å². The van der Waals surface area contributed by atoms with E-state index in [1.54, 1.807) is 7.11 Å². The number of fused-ring (bicyclic) bond motifs is 1. The molecule has 5 rings (SSSR count). The lowest BCUT2D eigenvalue weighted by atomic mass is 9.84. The van der Waals surface area contributed by atoms with Crippen LogP contribution in [-0.4, -0.2) is 27.6 Å². The normalized spacial score (nSPS) is 24.2. The van der Waals surface area contributed by atoms with E-state index >= 15 is 0 Å². The molecule has 1 aromatic heterocycles. The summed E-state index contributed by atoms with van der Waals surface area (Å²) in [6.07, 6.45) is 3.58. The van der Waals surface area contributed by atoms with Gasteiger partial charge in [0.2, 0.25) is 7.59 Å². The Labute approximate surface area is 259 Å². The van der Waals surface area contributed by atoms with E-state index in [0.29, 0.717) is 17.4 Å². The summed E-state index contributed by atoms with van der Waals surface area (Å²) < 4.78 is 1.59. The monoisotopic (exact) mass is 646 g/mol. The van der Waals surface area contributed by atoms with Crippen LogP contribution in [0.5, 0.6) is 5.75 Å². The van der Waals surface area contributed by atoms with Crippen LogP contribution in [-0.2, 0) is 7.59 Å². The maximum absolute atomic E-state index is 6.07. The van der Waals surface area contributed by atoms with Gasteiger partial charge in [0.25, 0.3) is 0 Å². The number of aromatic nitrogens is 3. The Balaban J connectivity index is 1.60. The number of ether oxygens (including phenoxy) is 1. The second-order valence-electron chi connectivity index (χ2n) is 11.0. The first kappa shape index (κ1) is 29.3. The molecule has 2 aliphatic rings. The fourth-order valence-corrected chi connectivity index (χ4v) is 6.93. The van der Waals surface area contributed by atoms with Gasteiger partial charge in [-0.25, -0.2) is 15.0 Å². The van der Waals surface area contributed by atoms with E-state index in [-0.39, 0.29) is 28.4 Å². The van der Waals surface area contributed by atoms with Crippen LogP contribution in [0.15, 0.2) is 48.5 Å². The van der Waals surface area contributed by atoms with Crippen LogP contribution in [0.25, 0.3) is 11.4 Å². The third-order valence-electron chi connectivity index (χ3n) is 8.34. The van der Waals surface area contributed by atoms with Crippen molar-refractivity contribution in [3.05, 3.63) is 60.2 Å². The van der Waals surface area contributed by atoms with Gasteiger partial charge in [0.1, 0.15) is 5.75 Å². The minimum Gasteiger partial charge on any atom is -0.497 e. The van der Waals surface area contributed by atoms with Crippen molar-refractivity contribution in [2.45, 2.75) is 53.2 Å². The Hall–Kier alpha value is -1.21. The molecule has 0 amide bonds. The highest BCUT2D eigenvalue weighted by Gasteiger charge is 2.74. The summed E-state index contributed by atoms with van der Waals surface area (Å²) in [6.45, 7) is 7.14. The lowest BCUT2D eigenvalue weighted by Crippen LogP contribution is -2.41. The minimum atomic E-state index is -1.92. The highest BCUT2D eigenvalue weighted by molar-refractivity contribution is 6.67. The molecule has 0 aliphatic heterocycles. The number of hydrogen-bond acceptors (Lipinski definition) is 5. The lowest BCUT2D eigenvalue weighted by Gasteiger charge is -2.41. The van der Waals surface area contributed by atoms with Gasteiger partial charge in [-0.05, 0) is 78.6 Å². The second-order valence-corrected chi connectivity index (χ2v) is 15.5. The quantitative estimate of drug-likeness (QED) is 0.258. The molecule has 0 radical (unpaired) electrons. The average Bonchev–Trinajstić information content (AvgIpc) is 3.37. The van der Waals surface area contributed by atoms with Crippen molar-refractivity contribution >= 4 is 81.0 Å². The van der Waals surface area contributed by atoms with E-state index in [1.165, 1.54) is 12.8 Å². The zero-order valence-electron chi connectivity index (χ0n) is 21.9. The SMILES string of the molecule is COc1ccc(N(c2ccc(-c3nc(C(Cl)(Cl)Cl)nc(C(Cl)(Cl)Cl)n3)cc2)C23CC(C)CCC2C3(C)C)cc1. The van der Waals surface area contributed by atoms with Gasteiger partial charge in [-0.15, -0.1) is 0 Å². The number of alkyl halides is 6. The predicted octanol–water partition coefficient (Wildman–Crippen LogP) is 9.55. The Morgan fingerprint density at radius 2 is 1.31 bits per heavy atom. The van der Waals surface area contributed by atoms with Crippen molar-refractivity contribution in [1.29, 1.82) is 0 Å². The Morgan fingerprint density at radius 3 is 1.79 bits per heavy atom. The standard InChI is InChI=1S/C28H28Cl6N4O/c1-16-5-14-21-25(2,3)26(21,15-16)38(19-10-12-20(39-4)13-11-19)18-8-6-17(7-9-18)22-35-23(27(29,30)31)37-24(36-22)28(32,33)34/h6-13,16,21H,5,14-15H2,1-4H3.